The number of fused-ring (bicyclic) bond motifs is 1. The summed E-state index contributed by atoms with van der Waals surface area (Å²) >= 11 is 0. The van der Waals surface area contributed by atoms with Crippen molar-refractivity contribution in [1.82, 2.24) is 5.32 Å². The number of aryl methyl sites for hydroxylation is 2. The zero-order chi connectivity index (χ0) is 11.2. The molecule has 0 saturated heterocycles. The molecule has 1 saturated carbocycles. The Morgan fingerprint density at radius 3 is 2.81 bits per heavy atom. The van der Waals surface area contributed by atoms with Gasteiger partial charge in [-0.2, -0.15) is 0 Å². The van der Waals surface area contributed by atoms with E-state index in [-0.39, 0.29) is 0 Å². The van der Waals surface area contributed by atoms with Gasteiger partial charge in [0.1, 0.15) is 0 Å². The van der Waals surface area contributed by atoms with Crippen LogP contribution < -0.4 is 5.32 Å². The molecule has 0 spiro atoms. The molecule has 1 N–H and O–H groups in total. The minimum atomic E-state index is 0.428. The average Bonchev–Trinajstić information content (AvgIpc) is 2.58. The van der Waals surface area contributed by atoms with E-state index in [1.807, 2.05) is 0 Å². The molecule has 16 heavy (non-hydrogen) atoms. The third-order valence-corrected chi connectivity index (χ3v) is 4.36. The molecule has 86 valence electrons. The van der Waals surface area contributed by atoms with Crippen LogP contribution in [0.15, 0.2) is 18.2 Å². The molecule has 3 rings (SSSR count). The van der Waals surface area contributed by atoms with Crippen molar-refractivity contribution in [3.63, 3.8) is 0 Å². The predicted molar refractivity (Wildman–Crippen MR) is 67.6 cm³/mol. The highest BCUT2D eigenvalue weighted by Crippen LogP contribution is 2.38. The molecule has 1 unspecified atom stereocenters. The quantitative estimate of drug-likeness (QED) is 0.796. The molecule has 1 fully saturated rings. The van der Waals surface area contributed by atoms with Gasteiger partial charge in [-0.15, -0.1) is 0 Å². The van der Waals surface area contributed by atoms with Crippen molar-refractivity contribution >= 4 is 0 Å². The van der Waals surface area contributed by atoms with Crippen LogP contribution in [0.4, 0.5) is 0 Å². The fourth-order valence-electron chi connectivity index (χ4n) is 3.17. The van der Waals surface area contributed by atoms with E-state index >= 15 is 0 Å². The second-order valence-corrected chi connectivity index (χ2v) is 5.85. The molecule has 1 heteroatoms. The van der Waals surface area contributed by atoms with Crippen LogP contribution in [-0.2, 0) is 6.42 Å². The zero-order valence-electron chi connectivity index (χ0n) is 10.3. The van der Waals surface area contributed by atoms with Crippen LogP contribution in [0.1, 0.15) is 55.3 Å². The van der Waals surface area contributed by atoms with E-state index < -0.39 is 0 Å². The number of rotatable bonds is 2. The predicted octanol–water partition coefficient (Wildman–Crippen LogP) is 3.51. The van der Waals surface area contributed by atoms with Crippen molar-refractivity contribution in [2.75, 3.05) is 0 Å². The first kappa shape index (κ1) is 10.3. The second-order valence-electron chi connectivity index (χ2n) is 5.85. The van der Waals surface area contributed by atoms with Crippen LogP contribution in [0.25, 0.3) is 0 Å². The van der Waals surface area contributed by atoms with E-state index in [2.05, 4.69) is 37.4 Å². The Bertz CT molecular complexity index is 404. The van der Waals surface area contributed by atoms with Gasteiger partial charge >= 0.3 is 0 Å². The Morgan fingerprint density at radius 2 is 2.12 bits per heavy atom. The summed E-state index contributed by atoms with van der Waals surface area (Å²) < 4.78 is 0. The standard InChI is InChI=1S/C15H21N/c1-11-4-6-13-12(10-11)5-7-14(13)16-15(2)8-3-9-15/h4,6,10,14,16H,3,5,7-9H2,1-2H3. The summed E-state index contributed by atoms with van der Waals surface area (Å²) in [6.07, 6.45) is 6.64. The molecular weight excluding hydrogens is 194 g/mol. The van der Waals surface area contributed by atoms with Crippen LogP contribution >= 0.6 is 0 Å². The Balaban J connectivity index is 1.80. The molecule has 0 radical (unpaired) electrons. The van der Waals surface area contributed by atoms with E-state index in [0.29, 0.717) is 11.6 Å². The van der Waals surface area contributed by atoms with Gasteiger partial charge in [0.15, 0.2) is 0 Å². The van der Waals surface area contributed by atoms with Crippen molar-refractivity contribution < 1.29 is 0 Å². The lowest BCUT2D eigenvalue weighted by Gasteiger charge is -2.42. The normalized spacial score (nSPS) is 26.2. The first-order chi connectivity index (χ1) is 7.66. The van der Waals surface area contributed by atoms with E-state index in [1.54, 1.807) is 11.1 Å². The first-order valence-corrected chi connectivity index (χ1v) is 6.53. The van der Waals surface area contributed by atoms with Gasteiger partial charge in [-0.25, -0.2) is 0 Å². The maximum Gasteiger partial charge on any atom is 0.0330 e. The van der Waals surface area contributed by atoms with E-state index in [0.717, 1.165) is 0 Å². The Morgan fingerprint density at radius 1 is 1.31 bits per heavy atom. The molecule has 2 aliphatic carbocycles. The Kier molecular flexibility index (Phi) is 2.32. The third kappa shape index (κ3) is 1.67. The third-order valence-electron chi connectivity index (χ3n) is 4.36. The van der Waals surface area contributed by atoms with Crippen molar-refractivity contribution in [3.8, 4) is 0 Å². The molecule has 0 amide bonds. The summed E-state index contributed by atoms with van der Waals surface area (Å²) in [6, 6.07) is 7.56. The number of hydrogen-bond donors (Lipinski definition) is 1. The maximum atomic E-state index is 3.87. The molecule has 0 heterocycles. The fraction of sp³-hybridized carbons (Fsp3) is 0.600. The van der Waals surface area contributed by atoms with Crippen LogP contribution in [0, 0.1) is 6.92 Å². The molecule has 1 aromatic rings. The largest absolute Gasteiger partial charge is 0.305 e. The van der Waals surface area contributed by atoms with Crippen molar-refractivity contribution in [1.29, 1.82) is 0 Å². The maximum absolute atomic E-state index is 3.87. The summed E-state index contributed by atoms with van der Waals surface area (Å²) in [6.45, 7) is 4.57. The van der Waals surface area contributed by atoms with E-state index in [1.165, 1.54) is 37.7 Å². The van der Waals surface area contributed by atoms with Crippen LogP contribution in [0.3, 0.4) is 0 Å². The highest BCUT2D eigenvalue weighted by Gasteiger charge is 2.35. The minimum Gasteiger partial charge on any atom is -0.305 e. The lowest BCUT2D eigenvalue weighted by molar-refractivity contribution is 0.185. The molecule has 0 bridgehead atoms. The summed E-state index contributed by atoms with van der Waals surface area (Å²) in [7, 11) is 0. The van der Waals surface area contributed by atoms with Gasteiger partial charge in [0.25, 0.3) is 0 Å². The van der Waals surface area contributed by atoms with Crippen LogP contribution in [0.5, 0.6) is 0 Å². The summed E-state index contributed by atoms with van der Waals surface area (Å²) in [5, 5.41) is 3.87. The molecule has 0 aromatic heterocycles. The summed E-state index contributed by atoms with van der Waals surface area (Å²) in [5.74, 6) is 0. The lowest BCUT2D eigenvalue weighted by atomic mass is 9.78. The number of benzene rings is 1. The monoisotopic (exact) mass is 215 g/mol. The van der Waals surface area contributed by atoms with Crippen LogP contribution in [0.2, 0.25) is 0 Å². The Labute approximate surface area is 98.3 Å². The fourth-order valence-corrected chi connectivity index (χ4v) is 3.17. The minimum absolute atomic E-state index is 0.428. The van der Waals surface area contributed by atoms with Gasteiger partial charge in [0.2, 0.25) is 0 Å². The number of hydrogen-bond acceptors (Lipinski definition) is 1. The molecule has 1 atom stereocenters. The zero-order valence-corrected chi connectivity index (χ0v) is 10.3. The first-order valence-electron chi connectivity index (χ1n) is 6.53. The smallest absolute Gasteiger partial charge is 0.0330 e. The Hall–Kier alpha value is -0.820. The lowest BCUT2D eigenvalue weighted by Crippen LogP contribution is -2.49. The van der Waals surface area contributed by atoms with Crippen LogP contribution in [-0.4, -0.2) is 5.54 Å². The summed E-state index contributed by atoms with van der Waals surface area (Å²) in [4.78, 5) is 0. The average molecular weight is 215 g/mol. The van der Waals surface area contributed by atoms with Crippen molar-refractivity contribution in [2.24, 2.45) is 0 Å². The van der Waals surface area contributed by atoms with Crippen molar-refractivity contribution in [2.45, 2.75) is 57.5 Å². The van der Waals surface area contributed by atoms with Gasteiger partial charge in [-0.05, 0) is 57.1 Å². The number of nitrogens with one attached hydrogen (secondary N) is 1. The topological polar surface area (TPSA) is 12.0 Å². The van der Waals surface area contributed by atoms with Gasteiger partial charge in [-0.3, -0.25) is 0 Å². The van der Waals surface area contributed by atoms with E-state index in [9.17, 15) is 0 Å². The highest BCUT2D eigenvalue weighted by molar-refractivity contribution is 5.37. The van der Waals surface area contributed by atoms with Gasteiger partial charge in [0.05, 0.1) is 0 Å². The van der Waals surface area contributed by atoms with Gasteiger partial charge < -0.3 is 5.32 Å². The van der Waals surface area contributed by atoms with Crippen molar-refractivity contribution in [3.05, 3.63) is 34.9 Å². The van der Waals surface area contributed by atoms with E-state index in [4.69, 9.17) is 0 Å². The second kappa shape index (κ2) is 3.59. The molecule has 2 aliphatic rings. The SMILES string of the molecule is Cc1ccc2c(c1)CCC2NC1(C)CCC1. The molecule has 1 nitrogen and oxygen atoms in total. The molecular formula is C15H21N. The summed E-state index contributed by atoms with van der Waals surface area (Å²) in [5.41, 5.74) is 4.95. The molecule has 0 aliphatic heterocycles. The molecule has 1 aromatic carbocycles. The van der Waals surface area contributed by atoms with Gasteiger partial charge in [0, 0.05) is 11.6 Å². The highest BCUT2D eigenvalue weighted by atomic mass is 15.0. The van der Waals surface area contributed by atoms with Gasteiger partial charge in [-0.1, -0.05) is 23.8 Å².